The first-order valence-corrected chi connectivity index (χ1v) is 18.3. The van der Waals surface area contributed by atoms with Crippen LogP contribution in [0.5, 0.6) is 0 Å². The van der Waals surface area contributed by atoms with E-state index in [1.165, 1.54) is 17.5 Å². The van der Waals surface area contributed by atoms with Crippen molar-refractivity contribution >= 4 is 92.9 Å². The van der Waals surface area contributed by atoms with Crippen molar-refractivity contribution < 1.29 is 0 Å². The first-order chi connectivity index (χ1) is 25.9. The summed E-state index contributed by atoms with van der Waals surface area (Å²) in [6.45, 7) is 3.90. The molecule has 0 aliphatic rings. The van der Waals surface area contributed by atoms with E-state index in [1.54, 1.807) is 29.9 Å². The third-order valence-corrected chi connectivity index (χ3v) is 9.97. The minimum Gasteiger partial charge on any atom is -0.375 e. The van der Waals surface area contributed by atoms with Gasteiger partial charge < -0.3 is 11.1 Å². The van der Waals surface area contributed by atoms with Gasteiger partial charge in [-0.2, -0.15) is 0 Å². The number of anilines is 3. The molecule has 0 spiro atoms. The minimum absolute atomic E-state index is 0.375. The van der Waals surface area contributed by atoms with Crippen molar-refractivity contribution in [2.45, 2.75) is 13.8 Å². The average Bonchev–Trinajstić information content (AvgIpc) is 3.92. The number of hydrogen-bond acceptors (Lipinski definition) is 12. The van der Waals surface area contributed by atoms with Crippen LogP contribution in [0.4, 0.5) is 16.1 Å². The second kappa shape index (κ2) is 14.7. The Balaban J connectivity index is 0.000000126. The van der Waals surface area contributed by atoms with E-state index >= 15 is 0 Å². The summed E-state index contributed by atoms with van der Waals surface area (Å²) in [7, 11) is 0. The maximum absolute atomic E-state index is 5.86. The van der Waals surface area contributed by atoms with Gasteiger partial charge in [-0.1, -0.05) is 82.8 Å². The fourth-order valence-corrected chi connectivity index (χ4v) is 7.51. The fourth-order valence-electron chi connectivity index (χ4n) is 5.76. The summed E-state index contributed by atoms with van der Waals surface area (Å²) >= 11 is 8.97. The van der Waals surface area contributed by atoms with Crippen molar-refractivity contribution in [3.05, 3.63) is 139 Å². The van der Waals surface area contributed by atoms with Gasteiger partial charge in [0.05, 0.1) is 67.3 Å². The highest BCUT2D eigenvalue weighted by Crippen LogP contribution is 2.28. The Hall–Kier alpha value is -6.35. The number of nitrogens with one attached hydrogen (secondary N) is 1. The third kappa shape index (κ3) is 7.23. The number of hydrogen-bond donors (Lipinski definition) is 2. The number of imidazole rings is 2. The van der Waals surface area contributed by atoms with Gasteiger partial charge in [-0.05, 0) is 62.4 Å². The fraction of sp³-hybridized carbons (Fsp3) is 0.0526. The SMILES string of the molecule is Cc1nc2ccccc2n1-c1cncc(Cl)n1.Cc1nc2ccccc2n1-c1cncc(Nc2nc3ccccc3s2)n1.Nc1nc2ccccc2s1. The number of nitrogens with two attached hydrogens (primary N) is 1. The van der Waals surface area contributed by atoms with Gasteiger partial charge in [0, 0.05) is 0 Å². The second-order valence-corrected chi connectivity index (χ2v) is 14.0. The number of para-hydroxylation sites is 6. The lowest BCUT2D eigenvalue weighted by atomic mass is 10.3. The zero-order chi connectivity index (χ0) is 36.3. The molecule has 0 aliphatic carbocycles. The Morgan fingerprint density at radius 1 is 0.547 bits per heavy atom. The van der Waals surface area contributed by atoms with Crippen LogP contribution in [0.25, 0.3) is 54.1 Å². The van der Waals surface area contributed by atoms with Gasteiger partial charge in [0.1, 0.15) is 16.8 Å². The molecule has 6 aromatic heterocycles. The van der Waals surface area contributed by atoms with Crippen molar-refractivity contribution in [3.8, 4) is 11.6 Å². The number of nitrogens with zero attached hydrogens (tertiary/aromatic N) is 10. The number of nitrogen functional groups attached to an aromatic ring is 1. The normalized spacial score (nSPS) is 11.0. The standard InChI is InChI=1S/C19H14N6S.C12H9ClN4.C7H6N2S/c1-12-21-13-6-2-4-8-15(13)25(12)18-11-20-10-17(23-18)24-19-22-14-7-3-5-9-16(14)26-19;1-8-15-9-4-2-3-5-10(9)17(8)12-7-14-6-11(13)16-12;8-7-9-5-3-1-2-4-6(5)10-7/h2-11H,1H3,(H,22,23,24);2-7H,1H3;1-4H,(H2,8,9). The van der Waals surface area contributed by atoms with E-state index in [-0.39, 0.29) is 0 Å². The van der Waals surface area contributed by atoms with Crippen LogP contribution in [-0.4, -0.2) is 49.0 Å². The molecule has 260 valence electrons. The van der Waals surface area contributed by atoms with Crippen LogP contribution in [0.3, 0.4) is 0 Å². The molecule has 12 nitrogen and oxygen atoms in total. The Morgan fingerprint density at radius 3 is 1.64 bits per heavy atom. The molecular weight excluding hydrogens is 724 g/mol. The molecule has 10 aromatic rings. The summed E-state index contributed by atoms with van der Waals surface area (Å²) in [5.74, 6) is 3.80. The number of thiazole rings is 2. The molecule has 0 radical (unpaired) electrons. The Bertz CT molecular complexity index is 2790. The number of aromatic nitrogens is 10. The number of benzene rings is 4. The van der Waals surface area contributed by atoms with Crippen molar-refractivity contribution in [3.63, 3.8) is 0 Å². The van der Waals surface area contributed by atoms with E-state index in [9.17, 15) is 0 Å². The molecule has 0 unspecified atom stereocenters. The summed E-state index contributed by atoms with van der Waals surface area (Å²) in [5.41, 5.74) is 11.4. The molecule has 0 atom stereocenters. The van der Waals surface area contributed by atoms with Gasteiger partial charge in [-0.3, -0.25) is 19.1 Å². The number of aryl methyl sites for hydroxylation is 2. The van der Waals surface area contributed by atoms with Crippen LogP contribution in [0, 0.1) is 13.8 Å². The Labute approximate surface area is 315 Å². The molecule has 6 heterocycles. The summed E-state index contributed by atoms with van der Waals surface area (Å²) in [4.78, 5) is 35.1. The topological polar surface area (TPSA) is 151 Å². The first kappa shape index (κ1) is 33.8. The lowest BCUT2D eigenvalue weighted by Crippen LogP contribution is -2.03. The van der Waals surface area contributed by atoms with E-state index < -0.39 is 0 Å². The van der Waals surface area contributed by atoms with Gasteiger partial charge in [-0.25, -0.2) is 29.9 Å². The second-order valence-electron chi connectivity index (χ2n) is 11.6. The number of fused-ring (bicyclic) bond motifs is 4. The lowest BCUT2D eigenvalue weighted by molar-refractivity contribution is 0.941. The maximum Gasteiger partial charge on any atom is 0.189 e. The maximum atomic E-state index is 5.86. The van der Waals surface area contributed by atoms with Crippen molar-refractivity contribution in [1.29, 1.82) is 0 Å². The summed E-state index contributed by atoms with van der Waals surface area (Å²) in [5, 5.41) is 5.07. The molecular formula is C38H29ClN12S2. The first-order valence-electron chi connectivity index (χ1n) is 16.3. The molecule has 0 amide bonds. The van der Waals surface area contributed by atoms with E-state index in [1.807, 2.05) is 114 Å². The quantitative estimate of drug-likeness (QED) is 0.178. The molecule has 3 N–H and O–H groups in total. The van der Waals surface area contributed by atoms with Crippen LogP contribution < -0.4 is 11.1 Å². The summed E-state index contributed by atoms with van der Waals surface area (Å²) in [6, 6.07) is 31.9. The van der Waals surface area contributed by atoms with Crippen LogP contribution in [0.1, 0.15) is 11.6 Å². The smallest absolute Gasteiger partial charge is 0.189 e. The molecule has 0 bridgehead atoms. The van der Waals surface area contributed by atoms with Gasteiger partial charge >= 0.3 is 0 Å². The molecule has 0 saturated heterocycles. The Morgan fingerprint density at radius 2 is 1.06 bits per heavy atom. The van der Waals surface area contributed by atoms with Gasteiger partial charge in [0.25, 0.3) is 0 Å². The van der Waals surface area contributed by atoms with Crippen LogP contribution in [0.2, 0.25) is 5.15 Å². The lowest BCUT2D eigenvalue weighted by Gasteiger charge is -2.07. The van der Waals surface area contributed by atoms with Crippen LogP contribution in [-0.2, 0) is 0 Å². The molecule has 15 heteroatoms. The molecule has 0 saturated carbocycles. The molecule has 0 aliphatic heterocycles. The zero-order valence-electron chi connectivity index (χ0n) is 28.3. The van der Waals surface area contributed by atoms with Gasteiger partial charge in [0.15, 0.2) is 27.7 Å². The van der Waals surface area contributed by atoms with E-state index in [2.05, 4.69) is 46.3 Å². The zero-order valence-corrected chi connectivity index (χ0v) is 30.7. The predicted octanol–water partition coefficient (Wildman–Crippen LogP) is 9.13. The Kier molecular flexibility index (Phi) is 9.38. The third-order valence-electron chi connectivity index (χ3n) is 7.97. The molecule has 0 fully saturated rings. The number of rotatable bonds is 4. The average molecular weight is 753 g/mol. The van der Waals surface area contributed by atoms with E-state index in [0.717, 1.165) is 65.1 Å². The largest absolute Gasteiger partial charge is 0.375 e. The molecule has 4 aromatic carbocycles. The van der Waals surface area contributed by atoms with Crippen molar-refractivity contribution in [2.24, 2.45) is 0 Å². The van der Waals surface area contributed by atoms with Crippen LogP contribution >= 0.6 is 34.3 Å². The van der Waals surface area contributed by atoms with E-state index in [4.69, 9.17) is 22.3 Å². The summed E-state index contributed by atoms with van der Waals surface area (Å²) < 4.78 is 6.23. The van der Waals surface area contributed by atoms with E-state index in [0.29, 0.717) is 21.9 Å². The highest BCUT2D eigenvalue weighted by molar-refractivity contribution is 7.22. The van der Waals surface area contributed by atoms with Crippen molar-refractivity contribution in [1.82, 2.24) is 49.0 Å². The minimum atomic E-state index is 0.375. The monoisotopic (exact) mass is 752 g/mol. The predicted molar refractivity (Wildman–Crippen MR) is 215 cm³/mol. The van der Waals surface area contributed by atoms with Crippen LogP contribution in [0.15, 0.2) is 122 Å². The summed E-state index contributed by atoms with van der Waals surface area (Å²) in [6.07, 6.45) is 6.63. The van der Waals surface area contributed by atoms with Gasteiger partial charge in [0.2, 0.25) is 0 Å². The molecule has 10 rings (SSSR count). The van der Waals surface area contributed by atoms with Gasteiger partial charge in [-0.15, -0.1) is 0 Å². The molecule has 53 heavy (non-hydrogen) atoms. The number of halogens is 1. The highest BCUT2D eigenvalue weighted by Gasteiger charge is 2.12. The highest BCUT2D eigenvalue weighted by atomic mass is 35.5. The van der Waals surface area contributed by atoms with Crippen molar-refractivity contribution in [2.75, 3.05) is 11.1 Å².